The molecular formula is C32H36N4O5. The number of esters is 2. The van der Waals surface area contributed by atoms with E-state index < -0.39 is 29.7 Å². The molecule has 41 heavy (non-hydrogen) atoms. The van der Waals surface area contributed by atoms with Gasteiger partial charge in [0.1, 0.15) is 6.07 Å². The lowest BCUT2D eigenvalue weighted by molar-refractivity contribution is -0.214. The molecule has 0 aliphatic heterocycles. The van der Waals surface area contributed by atoms with E-state index in [2.05, 4.69) is 23.1 Å². The predicted molar refractivity (Wildman–Crippen MR) is 147 cm³/mol. The number of aromatic nitrogens is 3. The van der Waals surface area contributed by atoms with E-state index in [-0.39, 0.29) is 35.1 Å². The summed E-state index contributed by atoms with van der Waals surface area (Å²) in [5.41, 5.74) is 0.988. The standard InChI is InChI=1S/C32H36N4O5/c1-30-16-20-18-35-36(26-5-3-4-13-34-26)24(20)15-21(30)8-9-22-23-10-11-32(29(39)40-14-12-33,41-28(38)19-6-7-19)31(23,2)17-25(37)27(22)30/h3-5,13,15,18-19,22-23,25,27,37H,6-11,14,16-17H2,1-2H3/t22-,23-,25-,27+,30?,31-,32-/m0/s1. The van der Waals surface area contributed by atoms with Crippen LogP contribution in [0.3, 0.4) is 0 Å². The Hall–Kier alpha value is -3.51. The highest BCUT2D eigenvalue weighted by molar-refractivity contribution is 5.86. The van der Waals surface area contributed by atoms with Crippen molar-refractivity contribution in [1.29, 1.82) is 5.26 Å². The second-order valence-electron chi connectivity index (χ2n) is 13.2. The molecule has 0 spiro atoms. The number of carbonyl (C=O) groups excluding carboxylic acids is 2. The fourth-order valence-electron chi connectivity index (χ4n) is 9.17. The van der Waals surface area contributed by atoms with Gasteiger partial charge in [-0.15, -0.1) is 0 Å². The first kappa shape index (κ1) is 26.4. The number of carbonyl (C=O) groups is 2. The van der Waals surface area contributed by atoms with Gasteiger partial charge in [-0.1, -0.05) is 25.5 Å². The minimum absolute atomic E-state index is 0.00279. The number of aliphatic hydroxyl groups is 1. The molecule has 1 unspecified atom stereocenters. The molecule has 0 aromatic carbocycles. The zero-order chi connectivity index (χ0) is 28.6. The number of aliphatic hydroxyl groups excluding tert-OH is 1. The number of nitrogens with zero attached hydrogens (tertiary/aromatic N) is 4. The summed E-state index contributed by atoms with van der Waals surface area (Å²) in [5.74, 6) is -0.167. The van der Waals surface area contributed by atoms with Crippen LogP contribution in [0.1, 0.15) is 70.1 Å². The van der Waals surface area contributed by atoms with Crippen LogP contribution in [0, 0.1) is 45.8 Å². The van der Waals surface area contributed by atoms with Gasteiger partial charge in [-0.2, -0.15) is 10.4 Å². The normalized spacial score (nSPS) is 37.0. The molecule has 9 heteroatoms. The highest BCUT2D eigenvalue weighted by Crippen LogP contribution is 2.68. The van der Waals surface area contributed by atoms with E-state index in [4.69, 9.17) is 14.7 Å². The topological polar surface area (TPSA) is 127 Å². The van der Waals surface area contributed by atoms with Crippen molar-refractivity contribution in [3.8, 4) is 11.9 Å². The molecule has 7 atom stereocenters. The van der Waals surface area contributed by atoms with Crippen LogP contribution in [0.15, 0.2) is 36.2 Å². The Kier molecular flexibility index (Phi) is 5.95. The fourth-order valence-corrected chi connectivity index (χ4v) is 9.17. The van der Waals surface area contributed by atoms with Crippen LogP contribution in [-0.2, 0) is 25.5 Å². The molecule has 5 aliphatic rings. The van der Waals surface area contributed by atoms with Crippen molar-refractivity contribution in [3.63, 3.8) is 0 Å². The minimum Gasteiger partial charge on any atom is -0.447 e. The van der Waals surface area contributed by atoms with Gasteiger partial charge in [-0.25, -0.2) is 14.5 Å². The van der Waals surface area contributed by atoms with Crippen LogP contribution in [0.4, 0.5) is 0 Å². The molecule has 1 N–H and O–H groups in total. The molecule has 4 fully saturated rings. The van der Waals surface area contributed by atoms with Crippen molar-refractivity contribution in [2.75, 3.05) is 6.61 Å². The average molecular weight is 557 g/mol. The van der Waals surface area contributed by atoms with Gasteiger partial charge in [-0.05, 0) is 98.3 Å². The summed E-state index contributed by atoms with van der Waals surface area (Å²) in [4.78, 5) is 31.1. The Balaban J connectivity index is 1.23. The number of pyridine rings is 1. The number of allylic oxidation sites excluding steroid dienone is 1. The van der Waals surface area contributed by atoms with E-state index in [0.29, 0.717) is 19.3 Å². The van der Waals surface area contributed by atoms with Crippen molar-refractivity contribution < 1.29 is 24.2 Å². The number of rotatable bonds is 5. The molecule has 0 bridgehead atoms. The van der Waals surface area contributed by atoms with Crippen LogP contribution < -0.4 is 0 Å². The molecular weight excluding hydrogens is 520 g/mol. The summed E-state index contributed by atoms with van der Waals surface area (Å²) < 4.78 is 13.4. The van der Waals surface area contributed by atoms with E-state index in [0.717, 1.165) is 49.2 Å². The number of ether oxygens (including phenoxy) is 2. The Labute approximate surface area is 239 Å². The third-order valence-electron chi connectivity index (χ3n) is 11.2. The first-order valence-electron chi connectivity index (χ1n) is 14.9. The van der Waals surface area contributed by atoms with Gasteiger partial charge < -0.3 is 14.6 Å². The summed E-state index contributed by atoms with van der Waals surface area (Å²) in [6.45, 7) is 3.89. The predicted octanol–water partition coefficient (Wildman–Crippen LogP) is 4.18. The second kappa shape index (κ2) is 9.25. The Morgan fingerprint density at radius 2 is 2.05 bits per heavy atom. The van der Waals surface area contributed by atoms with Crippen molar-refractivity contribution in [2.24, 2.45) is 34.5 Å². The summed E-state index contributed by atoms with van der Waals surface area (Å²) >= 11 is 0. The summed E-state index contributed by atoms with van der Waals surface area (Å²) in [6.07, 6.45) is 10.7. The van der Waals surface area contributed by atoms with Crippen LogP contribution in [0.25, 0.3) is 11.9 Å². The number of hydrogen-bond acceptors (Lipinski definition) is 8. The van der Waals surface area contributed by atoms with Crippen LogP contribution in [0.2, 0.25) is 0 Å². The van der Waals surface area contributed by atoms with Gasteiger partial charge >= 0.3 is 11.9 Å². The van der Waals surface area contributed by atoms with Gasteiger partial charge in [0.05, 0.1) is 23.9 Å². The molecule has 4 saturated carbocycles. The molecule has 5 aliphatic carbocycles. The number of nitriles is 1. The van der Waals surface area contributed by atoms with E-state index in [9.17, 15) is 14.7 Å². The van der Waals surface area contributed by atoms with Crippen molar-refractivity contribution in [1.82, 2.24) is 14.8 Å². The Bertz CT molecular complexity index is 1470. The zero-order valence-corrected chi connectivity index (χ0v) is 23.6. The lowest BCUT2D eigenvalue weighted by Crippen LogP contribution is -2.63. The second-order valence-corrected chi connectivity index (χ2v) is 13.2. The molecule has 0 radical (unpaired) electrons. The highest BCUT2D eigenvalue weighted by atomic mass is 16.6. The molecule has 0 saturated heterocycles. The van der Waals surface area contributed by atoms with Gasteiger partial charge in [0.25, 0.3) is 0 Å². The van der Waals surface area contributed by atoms with E-state index in [1.54, 1.807) is 6.20 Å². The van der Waals surface area contributed by atoms with Gasteiger partial charge in [0.2, 0.25) is 5.60 Å². The molecule has 214 valence electrons. The highest BCUT2D eigenvalue weighted by Gasteiger charge is 2.71. The summed E-state index contributed by atoms with van der Waals surface area (Å²) in [5, 5.41) is 25.8. The molecule has 0 amide bonds. The van der Waals surface area contributed by atoms with Gasteiger partial charge in [0.15, 0.2) is 12.4 Å². The molecule has 2 aromatic rings. The van der Waals surface area contributed by atoms with E-state index >= 15 is 0 Å². The quantitative estimate of drug-likeness (QED) is 0.544. The Morgan fingerprint density at radius 1 is 1.22 bits per heavy atom. The minimum atomic E-state index is -1.49. The van der Waals surface area contributed by atoms with Crippen LogP contribution >= 0.6 is 0 Å². The SMILES string of the molecule is CC12Cc3cnn(-c4ccccn4)c3C=C1CC[C@@H]1[C@@H]2[C@@H](O)C[C@@]2(C)[C@H]1CC[C@]2(OC(=O)C1CC1)C(=O)OCC#N. The number of fused-ring (bicyclic) bond motifs is 6. The molecule has 2 aromatic heterocycles. The van der Waals surface area contributed by atoms with E-state index in [1.165, 1.54) is 5.57 Å². The third-order valence-corrected chi connectivity index (χ3v) is 11.2. The van der Waals surface area contributed by atoms with Crippen molar-refractivity contribution >= 4 is 18.0 Å². The Morgan fingerprint density at radius 3 is 2.78 bits per heavy atom. The monoisotopic (exact) mass is 556 g/mol. The lowest BCUT2D eigenvalue weighted by Gasteiger charge is -2.60. The third kappa shape index (κ3) is 3.76. The maximum absolute atomic E-state index is 13.6. The maximum Gasteiger partial charge on any atom is 0.352 e. The number of hydrogen-bond donors (Lipinski definition) is 1. The lowest BCUT2D eigenvalue weighted by atomic mass is 9.45. The van der Waals surface area contributed by atoms with Crippen LogP contribution in [-0.4, -0.2) is 50.1 Å². The zero-order valence-electron chi connectivity index (χ0n) is 23.6. The molecule has 7 rings (SSSR count). The van der Waals surface area contributed by atoms with Crippen molar-refractivity contribution in [2.45, 2.75) is 76.9 Å². The van der Waals surface area contributed by atoms with Crippen molar-refractivity contribution in [3.05, 3.63) is 47.4 Å². The van der Waals surface area contributed by atoms with Gasteiger partial charge in [0, 0.05) is 11.6 Å². The summed E-state index contributed by atoms with van der Waals surface area (Å²) in [6, 6.07) is 7.67. The largest absolute Gasteiger partial charge is 0.447 e. The molecule has 9 nitrogen and oxygen atoms in total. The first-order chi connectivity index (χ1) is 19.7. The summed E-state index contributed by atoms with van der Waals surface area (Å²) in [7, 11) is 0. The maximum atomic E-state index is 13.6. The molecule has 2 heterocycles. The fraction of sp³-hybridized carbons (Fsp3) is 0.594. The smallest absolute Gasteiger partial charge is 0.352 e. The first-order valence-corrected chi connectivity index (χ1v) is 14.9. The van der Waals surface area contributed by atoms with E-state index in [1.807, 2.05) is 42.1 Å². The van der Waals surface area contributed by atoms with Crippen LogP contribution in [0.5, 0.6) is 0 Å². The van der Waals surface area contributed by atoms with Gasteiger partial charge in [-0.3, -0.25) is 4.79 Å². The average Bonchev–Trinajstić information content (AvgIpc) is 3.67.